The van der Waals surface area contributed by atoms with E-state index in [-0.39, 0.29) is 10.8 Å². The highest BCUT2D eigenvalue weighted by atomic mass is 32.2. The molecule has 3 heterocycles. The van der Waals surface area contributed by atoms with Crippen LogP contribution in [-0.2, 0) is 14.8 Å². The number of nitrogens with zero attached hydrogens (tertiary/aromatic N) is 1. The van der Waals surface area contributed by atoms with E-state index in [4.69, 9.17) is 0 Å². The number of thiophene rings is 1. The van der Waals surface area contributed by atoms with Gasteiger partial charge in [0.2, 0.25) is 10.0 Å². The number of urea groups is 1. The maximum Gasteiger partial charge on any atom is 0.322 e. The van der Waals surface area contributed by atoms with Crippen molar-refractivity contribution in [3.63, 3.8) is 0 Å². The monoisotopic (exact) mass is 352 g/mol. The van der Waals surface area contributed by atoms with Gasteiger partial charge in [-0.05, 0) is 24.3 Å². The second-order valence-electron chi connectivity index (χ2n) is 4.70. The second-order valence-corrected chi connectivity index (χ2v) is 7.78. The van der Waals surface area contributed by atoms with Gasteiger partial charge in [0.15, 0.2) is 0 Å². The third-order valence-corrected chi connectivity index (χ3v) is 6.12. The lowest BCUT2D eigenvalue weighted by atomic mass is 10.3. The number of sulfonamides is 1. The number of carbonyl (C=O) groups excluding carboxylic acids is 2. The normalized spacial score (nSPS) is 17.8. The molecule has 2 aromatic rings. The molecule has 10 heteroatoms. The van der Waals surface area contributed by atoms with Crippen LogP contribution >= 0.6 is 11.3 Å². The van der Waals surface area contributed by atoms with Crippen molar-refractivity contribution < 1.29 is 18.0 Å². The summed E-state index contributed by atoms with van der Waals surface area (Å²) in [5.41, 5.74) is 0.682. The molecule has 1 aliphatic rings. The molecule has 1 saturated heterocycles. The van der Waals surface area contributed by atoms with E-state index in [9.17, 15) is 18.0 Å². The van der Waals surface area contributed by atoms with Crippen molar-refractivity contribution in [3.05, 3.63) is 36.5 Å². The number of hydrogen-bond donors (Lipinski definition) is 3. The van der Waals surface area contributed by atoms with Crippen LogP contribution in [0, 0.1) is 0 Å². The topological polar surface area (TPSA) is 117 Å². The SMILES string of the molecule is O=C1NC(=O)C(CNS(=O)(=O)c2ccc(-c3ccccn3)s2)N1. The summed E-state index contributed by atoms with van der Waals surface area (Å²) in [4.78, 5) is 27.3. The fourth-order valence-electron chi connectivity index (χ4n) is 1.98. The molecule has 1 unspecified atom stereocenters. The molecule has 8 nitrogen and oxygen atoms in total. The van der Waals surface area contributed by atoms with Crippen LogP contribution in [0.2, 0.25) is 0 Å². The van der Waals surface area contributed by atoms with Crippen molar-refractivity contribution in [1.29, 1.82) is 0 Å². The van der Waals surface area contributed by atoms with E-state index in [2.05, 4.69) is 15.0 Å². The summed E-state index contributed by atoms with van der Waals surface area (Å²) < 4.78 is 26.9. The predicted molar refractivity (Wildman–Crippen MR) is 83.2 cm³/mol. The molecule has 0 spiro atoms. The van der Waals surface area contributed by atoms with Gasteiger partial charge in [-0.3, -0.25) is 15.1 Å². The molecule has 23 heavy (non-hydrogen) atoms. The summed E-state index contributed by atoms with van der Waals surface area (Å²) in [6.07, 6.45) is 1.63. The van der Waals surface area contributed by atoms with Crippen LogP contribution in [0.5, 0.6) is 0 Å². The molecule has 0 radical (unpaired) electrons. The first-order valence-corrected chi connectivity index (χ1v) is 8.88. The quantitative estimate of drug-likeness (QED) is 0.669. The highest BCUT2D eigenvalue weighted by Gasteiger charge is 2.31. The van der Waals surface area contributed by atoms with Gasteiger partial charge < -0.3 is 5.32 Å². The van der Waals surface area contributed by atoms with Gasteiger partial charge in [0.05, 0.1) is 10.6 Å². The third-order valence-electron chi connectivity index (χ3n) is 3.10. The molecule has 3 N–H and O–H groups in total. The van der Waals surface area contributed by atoms with E-state index in [0.29, 0.717) is 5.69 Å². The van der Waals surface area contributed by atoms with Crippen molar-refractivity contribution in [2.75, 3.05) is 6.54 Å². The van der Waals surface area contributed by atoms with Gasteiger partial charge in [0, 0.05) is 12.7 Å². The zero-order valence-electron chi connectivity index (χ0n) is 11.6. The molecule has 0 bridgehead atoms. The zero-order chi connectivity index (χ0) is 16.4. The molecule has 3 amide bonds. The van der Waals surface area contributed by atoms with Crippen LogP contribution < -0.4 is 15.4 Å². The van der Waals surface area contributed by atoms with Crippen molar-refractivity contribution in [1.82, 2.24) is 20.3 Å². The summed E-state index contributed by atoms with van der Waals surface area (Å²) in [6, 6.07) is 6.98. The summed E-state index contributed by atoms with van der Waals surface area (Å²) in [5, 5.41) is 4.36. The summed E-state index contributed by atoms with van der Waals surface area (Å²) >= 11 is 1.08. The fourth-order valence-corrected chi connectivity index (χ4v) is 4.35. The molecule has 3 rings (SSSR count). The van der Waals surface area contributed by atoms with E-state index >= 15 is 0 Å². The number of carbonyl (C=O) groups is 2. The molecular weight excluding hydrogens is 340 g/mol. The van der Waals surface area contributed by atoms with Crippen molar-refractivity contribution in [3.8, 4) is 10.6 Å². The molecular formula is C13H12N4O4S2. The Hall–Kier alpha value is -2.30. The second kappa shape index (κ2) is 6.07. The number of hydrogen-bond acceptors (Lipinski definition) is 6. The van der Waals surface area contributed by atoms with Crippen LogP contribution in [0.15, 0.2) is 40.7 Å². The highest BCUT2D eigenvalue weighted by molar-refractivity contribution is 7.91. The first kappa shape index (κ1) is 15.6. The van der Waals surface area contributed by atoms with E-state index in [0.717, 1.165) is 16.2 Å². The maximum absolute atomic E-state index is 12.3. The lowest BCUT2D eigenvalue weighted by molar-refractivity contribution is -0.120. The van der Waals surface area contributed by atoms with Crippen LogP contribution in [-0.4, -0.2) is 37.9 Å². The first-order chi connectivity index (χ1) is 11.0. The number of imide groups is 1. The molecule has 0 aliphatic carbocycles. The molecule has 1 atom stereocenters. The number of nitrogens with one attached hydrogen (secondary N) is 3. The number of amides is 3. The van der Waals surface area contributed by atoms with Gasteiger partial charge in [0.1, 0.15) is 10.3 Å². The molecule has 0 saturated carbocycles. The van der Waals surface area contributed by atoms with Gasteiger partial charge in [-0.2, -0.15) is 0 Å². The average Bonchev–Trinajstić information content (AvgIpc) is 3.13. The smallest absolute Gasteiger partial charge is 0.322 e. The Balaban J connectivity index is 1.72. The Morgan fingerprint density at radius 1 is 1.22 bits per heavy atom. The lowest BCUT2D eigenvalue weighted by Crippen LogP contribution is -2.41. The minimum atomic E-state index is -3.77. The number of aromatic nitrogens is 1. The van der Waals surface area contributed by atoms with Crippen molar-refractivity contribution >= 4 is 33.3 Å². The van der Waals surface area contributed by atoms with Gasteiger partial charge in [-0.1, -0.05) is 6.07 Å². The summed E-state index contributed by atoms with van der Waals surface area (Å²) in [6.45, 7) is -0.212. The number of rotatable bonds is 5. The van der Waals surface area contributed by atoms with Gasteiger partial charge in [-0.25, -0.2) is 17.9 Å². The highest BCUT2D eigenvalue weighted by Crippen LogP contribution is 2.29. The zero-order valence-corrected chi connectivity index (χ0v) is 13.3. The van der Waals surface area contributed by atoms with Crippen LogP contribution in [0.1, 0.15) is 0 Å². The van der Waals surface area contributed by atoms with Gasteiger partial charge in [0.25, 0.3) is 5.91 Å². The lowest BCUT2D eigenvalue weighted by Gasteiger charge is -2.08. The number of pyridine rings is 1. The van der Waals surface area contributed by atoms with Crippen LogP contribution in [0.25, 0.3) is 10.6 Å². The Bertz CT molecular complexity index is 848. The molecule has 120 valence electrons. The third kappa shape index (κ3) is 3.38. The molecule has 1 fully saturated rings. The van der Waals surface area contributed by atoms with Gasteiger partial charge in [-0.15, -0.1) is 11.3 Å². The first-order valence-electron chi connectivity index (χ1n) is 6.58. The predicted octanol–water partition coefficient (Wildman–Crippen LogP) is 0.296. The van der Waals surface area contributed by atoms with Gasteiger partial charge >= 0.3 is 6.03 Å². The fraction of sp³-hybridized carbons (Fsp3) is 0.154. The molecule has 2 aromatic heterocycles. The van der Waals surface area contributed by atoms with Crippen molar-refractivity contribution in [2.45, 2.75) is 10.3 Å². The van der Waals surface area contributed by atoms with E-state index in [1.165, 1.54) is 6.07 Å². The Morgan fingerprint density at radius 2 is 2.04 bits per heavy atom. The molecule has 1 aliphatic heterocycles. The minimum Gasteiger partial charge on any atom is -0.325 e. The molecule has 0 aromatic carbocycles. The summed E-state index contributed by atoms with van der Waals surface area (Å²) in [5.74, 6) is -0.557. The van der Waals surface area contributed by atoms with Crippen LogP contribution in [0.3, 0.4) is 0 Å². The van der Waals surface area contributed by atoms with E-state index in [1.54, 1.807) is 24.4 Å². The van der Waals surface area contributed by atoms with Crippen LogP contribution in [0.4, 0.5) is 4.79 Å². The minimum absolute atomic E-state index is 0.114. The Labute approximate surface area is 136 Å². The van der Waals surface area contributed by atoms with Crippen molar-refractivity contribution in [2.24, 2.45) is 0 Å². The largest absolute Gasteiger partial charge is 0.325 e. The Morgan fingerprint density at radius 3 is 2.70 bits per heavy atom. The summed E-state index contributed by atoms with van der Waals surface area (Å²) in [7, 11) is -3.77. The average molecular weight is 352 g/mol. The Kier molecular flexibility index (Phi) is 4.11. The van der Waals surface area contributed by atoms with E-state index in [1.807, 2.05) is 11.4 Å². The maximum atomic E-state index is 12.3. The van der Waals surface area contributed by atoms with E-state index < -0.39 is 28.0 Å². The standard InChI is InChI=1S/C13H12N4O4S2/c18-12-9(16-13(19)17-12)7-15-23(20,21)11-5-4-10(22-11)8-3-1-2-6-14-8/h1-6,9,15H,7H2,(H2,16,17,18,19).